The van der Waals surface area contributed by atoms with Crippen LogP contribution >= 0.6 is 0 Å². The molecule has 2 unspecified atom stereocenters. The highest BCUT2D eigenvalue weighted by atomic mass is 32.2. The number of nitrogens with zero attached hydrogens (tertiary/aromatic N) is 1. The quantitative estimate of drug-likeness (QED) is 0.348. The second kappa shape index (κ2) is 10.7. The summed E-state index contributed by atoms with van der Waals surface area (Å²) in [5.41, 5.74) is -2.24. The van der Waals surface area contributed by atoms with Gasteiger partial charge in [0.15, 0.2) is 0 Å². The summed E-state index contributed by atoms with van der Waals surface area (Å²) in [6.45, 7) is 10.6. The van der Waals surface area contributed by atoms with Gasteiger partial charge in [-0.1, -0.05) is 27.7 Å². The summed E-state index contributed by atoms with van der Waals surface area (Å²) in [5.74, 6) is -0.203. The van der Waals surface area contributed by atoms with E-state index in [4.69, 9.17) is 14.2 Å². The Morgan fingerprint density at radius 1 is 0.821 bits per heavy atom. The number of rotatable bonds is 4. The average Bonchev–Trinajstić information content (AvgIpc) is 3.31. The summed E-state index contributed by atoms with van der Waals surface area (Å²) in [7, 11) is -8.15. The van der Waals surface area contributed by atoms with Crippen molar-refractivity contribution in [2.45, 2.75) is 66.2 Å². The van der Waals surface area contributed by atoms with Crippen LogP contribution in [0.4, 0.5) is 4.79 Å². The molecule has 0 aromatic carbocycles. The van der Waals surface area contributed by atoms with Crippen LogP contribution in [0.3, 0.4) is 0 Å². The standard InChI is InChI=1S/2C10H16O4S.C5H10N2O2/c2*1-9(2)7-3-4-10(9,8(11)5-7)6-15(12,13)14;8-5(9)7-3-1-6-2-4-7/h2*7H,3-6H2,1-2H3,(H,12,13,14);6H,1-4H2,(H,8,9)/t2*7?,10-;/m00./s1. The van der Waals surface area contributed by atoms with Crippen molar-refractivity contribution in [1.82, 2.24) is 10.2 Å². The molecule has 4 bridgehead atoms. The lowest BCUT2D eigenvalue weighted by Gasteiger charge is -2.35. The van der Waals surface area contributed by atoms with Crippen molar-refractivity contribution < 1.29 is 45.4 Å². The van der Waals surface area contributed by atoms with Crippen LogP contribution in [0.2, 0.25) is 0 Å². The van der Waals surface area contributed by atoms with Crippen LogP contribution < -0.4 is 5.32 Å². The first-order chi connectivity index (χ1) is 17.7. The van der Waals surface area contributed by atoms with Gasteiger partial charge in [0.2, 0.25) is 0 Å². The molecule has 12 nitrogen and oxygen atoms in total. The molecule has 0 aromatic rings. The minimum absolute atomic E-state index is 0.0152. The molecule has 1 aliphatic heterocycles. The first-order valence-corrected chi connectivity index (χ1v) is 16.6. The topological polar surface area (TPSA) is 195 Å². The highest BCUT2D eigenvalue weighted by molar-refractivity contribution is 7.86. The number of hydrogen-bond acceptors (Lipinski definition) is 8. The van der Waals surface area contributed by atoms with Crippen LogP contribution in [0.5, 0.6) is 0 Å². The predicted molar refractivity (Wildman–Crippen MR) is 142 cm³/mol. The summed E-state index contributed by atoms with van der Waals surface area (Å²) in [6, 6.07) is 0. The Morgan fingerprint density at radius 3 is 1.38 bits per heavy atom. The Morgan fingerprint density at radius 2 is 1.18 bits per heavy atom. The van der Waals surface area contributed by atoms with Crippen LogP contribution in [-0.4, -0.2) is 91.3 Å². The monoisotopic (exact) mass is 594 g/mol. The van der Waals surface area contributed by atoms with Crippen LogP contribution in [0, 0.1) is 33.5 Å². The number of amides is 1. The number of carbonyl (C=O) groups is 3. The molecule has 1 saturated heterocycles. The fraction of sp³-hybridized carbons (Fsp3) is 0.880. The van der Waals surface area contributed by atoms with Crippen molar-refractivity contribution in [3.8, 4) is 0 Å². The molecule has 1 amide bonds. The van der Waals surface area contributed by atoms with Crippen LogP contribution in [0.25, 0.3) is 0 Å². The number of carbonyl (C=O) groups excluding carboxylic acids is 2. The maximum Gasteiger partial charge on any atom is 0.407 e. The largest absolute Gasteiger partial charge is 0.465 e. The summed E-state index contributed by atoms with van der Waals surface area (Å²) in [5, 5.41) is 11.5. The number of nitrogens with one attached hydrogen (secondary N) is 1. The highest BCUT2D eigenvalue weighted by Crippen LogP contribution is 2.65. The van der Waals surface area contributed by atoms with Crippen molar-refractivity contribution in [3.63, 3.8) is 0 Å². The maximum atomic E-state index is 11.9. The summed E-state index contributed by atoms with van der Waals surface area (Å²) >= 11 is 0. The second-order valence-electron chi connectivity index (χ2n) is 12.8. The van der Waals surface area contributed by atoms with Gasteiger partial charge in [-0.05, 0) is 48.3 Å². The molecule has 39 heavy (non-hydrogen) atoms. The fourth-order valence-electron chi connectivity index (χ4n) is 7.70. The van der Waals surface area contributed by atoms with E-state index in [-0.39, 0.29) is 34.2 Å². The van der Waals surface area contributed by atoms with Crippen molar-refractivity contribution in [2.75, 3.05) is 37.7 Å². The predicted octanol–water partition coefficient (Wildman–Crippen LogP) is 2.11. The van der Waals surface area contributed by atoms with E-state index in [1.807, 2.05) is 27.7 Å². The number of hydrogen-bond donors (Lipinski definition) is 4. The van der Waals surface area contributed by atoms with Crippen molar-refractivity contribution in [1.29, 1.82) is 0 Å². The second-order valence-corrected chi connectivity index (χ2v) is 15.7. The highest BCUT2D eigenvalue weighted by Gasteiger charge is 2.66. The van der Waals surface area contributed by atoms with Crippen LogP contribution in [-0.2, 0) is 29.8 Å². The van der Waals surface area contributed by atoms with Crippen LogP contribution in [0.1, 0.15) is 66.2 Å². The summed E-state index contributed by atoms with van der Waals surface area (Å²) < 4.78 is 62.0. The lowest BCUT2D eigenvalue weighted by molar-refractivity contribution is -0.128. The summed E-state index contributed by atoms with van der Waals surface area (Å²) in [6.07, 6.45) is 3.14. The molecule has 0 aromatic heterocycles. The number of carboxylic acid groups (broad SMARTS) is 1. The minimum atomic E-state index is -4.08. The van der Waals surface area contributed by atoms with Crippen molar-refractivity contribution in [2.24, 2.45) is 33.5 Å². The lowest BCUT2D eigenvalue weighted by atomic mass is 9.70. The number of fused-ring (bicyclic) bond motifs is 4. The zero-order chi connectivity index (χ0) is 29.7. The van der Waals surface area contributed by atoms with Gasteiger partial charge in [0.1, 0.15) is 11.6 Å². The molecular formula is C25H42N2O10S2. The third kappa shape index (κ3) is 6.04. The smallest absolute Gasteiger partial charge is 0.407 e. The molecule has 14 heteroatoms. The lowest BCUT2D eigenvalue weighted by Crippen LogP contribution is -2.45. The SMILES string of the molecule is CC1(C)C2CC[C@]1(CS(=O)(=O)O)C(=O)C2.CC1(C)C2CC[C@]1(CS(=O)(=O)O)C(=O)C2.O=C(O)N1CCNCC1. The Labute approximate surface area is 230 Å². The molecule has 4 atom stereocenters. The molecule has 4 N–H and O–H groups in total. The third-order valence-corrected chi connectivity index (χ3v) is 12.2. The molecule has 4 aliphatic carbocycles. The minimum Gasteiger partial charge on any atom is -0.465 e. The van der Waals surface area contributed by atoms with Gasteiger partial charge in [0.05, 0.1) is 22.3 Å². The summed E-state index contributed by atoms with van der Waals surface area (Å²) in [4.78, 5) is 35.4. The van der Waals surface area contributed by atoms with Gasteiger partial charge in [0, 0.05) is 39.0 Å². The Kier molecular flexibility index (Phi) is 8.72. The van der Waals surface area contributed by atoms with Gasteiger partial charge in [-0.25, -0.2) is 4.79 Å². The van der Waals surface area contributed by atoms with E-state index in [0.717, 1.165) is 25.9 Å². The van der Waals surface area contributed by atoms with Gasteiger partial charge in [-0.3, -0.25) is 18.7 Å². The van der Waals surface area contributed by atoms with Gasteiger partial charge in [-0.2, -0.15) is 16.8 Å². The van der Waals surface area contributed by atoms with Gasteiger partial charge in [-0.15, -0.1) is 0 Å². The first-order valence-electron chi connectivity index (χ1n) is 13.3. The number of Topliss-reactive ketones (excluding diaryl/α,β-unsaturated/α-hetero) is 2. The number of piperazine rings is 1. The van der Waals surface area contributed by atoms with E-state index in [1.165, 1.54) is 4.90 Å². The Balaban J connectivity index is 0.000000167. The van der Waals surface area contributed by atoms with Gasteiger partial charge in [0.25, 0.3) is 20.2 Å². The van der Waals surface area contributed by atoms with Gasteiger partial charge < -0.3 is 15.3 Å². The molecule has 5 fully saturated rings. The molecule has 5 rings (SSSR count). The molecule has 224 valence electrons. The van der Waals surface area contributed by atoms with Crippen LogP contribution in [0.15, 0.2) is 0 Å². The molecule has 0 radical (unpaired) electrons. The Bertz CT molecular complexity index is 1130. The molecular weight excluding hydrogens is 552 g/mol. The normalized spacial score (nSPS) is 34.3. The van der Waals surface area contributed by atoms with E-state index in [2.05, 4.69) is 5.32 Å². The Hall–Kier alpha value is -1.61. The van der Waals surface area contributed by atoms with E-state index >= 15 is 0 Å². The molecule has 1 heterocycles. The first kappa shape index (κ1) is 31.9. The van der Waals surface area contributed by atoms with E-state index in [0.29, 0.717) is 38.8 Å². The molecule has 4 saturated carbocycles. The maximum absolute atomic E-state index is 11.9. The van der Waals surface area contributed by atoms with E-state index < -0.39 is 48.7 Å². The number of ketones is 2. The molecule has 0 spiro atoms. The van der Waals surface area contributed by atoms with E-state index in [9.17, 15) is 31.2 Å². The molecule has 5 aliphatic rings. The third-order valence-electron chi connectivity index (χ3n) is 10.5. The zero-order valence-electron chi connectivity index (χ0n) is 23.1. The average molecular weight is 595 g/mol. The zero-order valence-corrected chi connectivity index (χ0v) is 24.7. The fourth-order valence-corrected chi connectivity index (χ4v) is 10.3. The van der Waals surface area contributed by atoms with Crippen molar-refractivity contribution in [3.05, 3.63) is 0 Å². The van der Waals surface area contributed by atoms with Crippen molar-refractivity contribution >= 4 is 37.9 Å². The van der Waals surface area contributed by atoms with E-state index in [1.54, 1.807) is 0 Å². The van der Waals surface area contributed by atoms with Gasteiger partial charge >= 0.3 is 6.09 Å².